The molecule has 240 valence electrons. The molecule has 3 aliphatic carbocycles. The number of hydrogen-bond acceptors (Lipinski definition) is 5. The Balaban J connectivity index is 1.46. The molecule has 0 spiro atoms. The Bertz CT molecular complexity index is 1440. The highest BCUT2D eigenvalue weighted by Gasteiger charge is 2.63. The Labute approximate surface area is 265 Å². The van der Waals surface area contributed by atoms with Gasteiger partial charge in [0.15, 0.2) is 11.5 Å². The number of carbonyl (C=O) groups excluding carboxylic acids is 3. The van der Waals surface area contributed by atoms with Gasteiger partial charge in [0.2, 0.25) is 0 Å². The number of amides is 1. The quantitative estimate of drug-likeness (QED) is 0.213. The minimum atomic E-state index is -4.89. The predicted molar refractivity (Wildman–Crippen MR) is 160 cm³/mol. The number of halogens is 5. The van der Waals surface area contributed by atoms with Crippen molar-refractivity contribution in [2.75, 3.05) is 13.2 Å². The molecule has 1 unspecified atom stereocenters. The van der Waals surface area contributed by atoms with Gasteiger partial charge in [-0.1, -0.05) is 37.0 Å². The first-order valence-corrected chi connectivity index (χ1v) is 15.9. The SMILES string of the molecule is CCOC(=O)C1(C)CCC(n2ncc(C(=O)N(CC(=O)c3c(Cl)cc(C)cc3Cl)C3C[C@@H]4[C@H](C3)C4(C)C)c2C(F)(F)F)CC1. The number of ether oxygens (including phenoxy) is 1. The van der Waals surface area contributed by atoms with Gasteiger partial charge in [-0.25, -0.2) is 0 Å². The molecular formula is C32H38Cl2F3N3O4. The van der Waals surface area contributed by atoms with Crippen LogP contribution in [0.3, 0.4) is 0 Å². The van der Waals surface area contributed by atoms with Crippen molar-refractivity contribution in [3.63, 3.8) is 0 Å². The summed E-state index contributed by atoms with van der Waals surface area (Å²) in [5.41, 5.74) is -1.64. The number of esters is 1. The van der Waals surface area contributed by atoms with Crippen LogP contribution in [0.2, 0.25) is 10.0 Å². The minimum Gasteiger partial charge on any atom is -0.466 e. The van der Waals surface area contributed by atoms with Crippen LogP contribution in [0.15, 0.2) is 18.3 Å². The summed E-state index contributed by atoms with van der Waals surface area (Å²) < 4.78 is 50.2. The van der Waals surface area contributed by atoms with Crippen molar-refractivity contribution < 1.29 is 32.3 Å². The Morgan fingerprint density at radius 3 is 2.16 bits per heavy atom. The lowest BCUT2D eigenvalue weighted by atomic mass is 9.74. The number of rotatable bonds is 8. The fourth-order valence-electron chi connectivity index (χ4n) is 7.52. The van der Waals surface area contributed by atoms with Crippen LogP contribution in [0.5, 0.6) is 0 Å². The summed E-state index contributed by atoms with van der Waals surface area (Å²) in [7, 11) is 0. The number of benzene rings is 1. The lowest BCUT2D eigenvalue weighted by Crippen LogP contribution is -2.44. The summed E-state index contributed by atoms with van der Waals surface area (Å²) in [6.07, 6.45) is -1.54. The molecule has 1 amide bonds. The highest BCUT2D eigenvalue weighted by molar-refractivity contribution is 6.40. The third-order valence-electron chi connectivity index (χ3n) is 10.3. The Kier molecular flexibility index (Phi) is 8.68. The Morgan fingerprint density at radius 1 is 1.07 bits per heavy atom. The fourth-order valence-corrected chi connectivity index (χ4v) is 8.33. The second kappa shape index (κ2) is 11.6. The largest absolute Gasteiger partial charge is 0.466 e. The van der Waals surface area contributed by atoms with Gasteiger partial charge >= 0.3 is 12.1 Å². The first-order chi connectivity index (χ1) is 20.5. The van der Waals surface area contributed by atoms with Crippen LogP contribution in [-0.4, -0.2) is 51.5 Å². The molecule has 12 heteroatoms. The maximum absolute atomic E-state index is 14.7. The monoisotopic (exact) mass is 655 g/mol. The fraction of sp³-hybridized carbons (Fsp3) is 0.625. The smallest absolute Gasteiger partial charge is 0.433 e. The van der Waals surface area contributed by atoms with E-state index < -0.39 is 53.2 Å². The molecule has 0 radical (unpaired) electrons. The van der Waals surface area contributed by atoms with Crippen LogP contribution in [0.1, 0.15) is 104 Å². The molecule has 44 heavy (non-hydrogen) atoms. The third-order valence-corrected chi connectivity index (χ3v) is 10.9. The zero-order valence-corrected chi connectivity index (χ0v) is 27.1. The average Bonchev–Trinajstić information content (AvgIpc) is 3.35. The predicted octanol–water partition coefficient (Wildman–Crippen LogP) is 7.96. The molecule has 0 aliphatic heterocycles. The molecule has 3 atom stereocenters. The summed E-state index contributed by atoms with van der Waals surface area (Å²) in [5.74, 6) is -1.15. The van der Waals surface area contributed by atoms with Gasteiger partial charge in [-0.15, -0.1) is 0 Å². The average molecular weight is 657 g/mol. The summed E-state index contributed by atoms with van der Waals surface area (Å²) in [4.78, 5) is 41.5. The van der Waals surface area contributed by atoms with Gasteiger partial charge in [-0.2, -0.15) is 18.3 Å². The first kappa shape index (κ1) is 32.8. The second-order valence-corrected chi connectivity index (χ2v) is 14.3. The minimum absolute atomic E-state index is 0.0406. The van der Waals surface area contributed by atoms with E-state index in [1.54, 1.807) is 32.9 Å². The normalized spacial score (nSPS) is 27.5. The molecule has 5 rings (SSSR count). The molecule has 3 saturated carbocycles. The number of aryl methyl sites for hydroxylation is 1. The van der Waals surface area contributed by atoms with Crippen molar-refractivity contribution in [2.24, 2.45) is 22.7 Å². The lowest BCUT2D eigenvalue weighted by molar-refractivity contribution is -0.157. The summed E-state index contributed by atoms with van der Waals surface area (Å²) in [6, 6.07) is 2.10. The van der Waals surface area contributed by atoms with E-state index >= 15 is 0 Å². The van der Waals surface area contributed by atoms with Gasteiger partial charge in [0, 0.05) is 6.04 Å². The van der Waals surface area contributed by atoms with E-state index in [4.69, 9.17) is 27.9 Å². The first-order valence-electron chi connectivity index (χ1n) is 15.1. The lowest BCUT2D eigenvalue weighted by Gasteiger charge is -2.36. The summed E-state index contributed by atoms with van der Waals surface area (Å²) in [6.45, 7) is 9.29. The Hall–Kier alpha value is -2.59. The van der Waals surface area contributed by atoms with Crippen LogP contribution in [0.4, 0.5) is 13.2 Å². The summed E-state index contributed by atoms with van der Waals surface area (Å²) in [5, 5.41) is 4.34. The standard InChI is InChI=1S/C32H38Cl2F3N3O4/c1-6-44-29(43)31(5)9-7-18(8-10-31)40-27(32(35,36)37)20(15-38-40)28(42)39(19-13-21-22(14-19)30(21,3)4)16-25(41)26-23(33)11-17(2)12-24(26)34/h11-12,15,18-19,21-22H,6-10,13-14,16H2,1-5H3/t18?,19?,21-,22+,31?. The number of carbonyl (C=O) groups is 3. The summed E-state index contributed by atoms with van der Waals surface area (Å²) >= 11 is 12.7. The van der Waals surface area contributed by atoms with E-state index in [2.05, 4.69) is 18.9 Å². The molecule has 2 aromatic rings. The van der Waals surface area contributed by atoms with Crippen molar-refractivity contribution in [3.05, 3.63) is 50.8 Å². The van der Waals surface area contributed by atoms with Gasteiger partial charge in [-0.3, -0.25) is 19.1 Å². The molecule has 3 aliphatic rings. The molecule has 1 aromatic carbocycles. The van der Waals surface area contributed by atoms with Crippen molar-refractivity contribution >= 4 is 40.9 Å². The van der Waals surface area contributed by atoms with Crippen LogP contribution in [-0.2, 0) is 15.7 Å². The van der Waals surface area contributed by atoms with Gasteiger partial charge in [0.25, 0.3) is 5.91 Å². The van der Waals surface area contributed by atoms with Crippen molar-refractivity contribution in [1.29, 1.82) is 0 Å². The number of aromatic nitrogens is 2. The van der Waals surface area contributed by atoms with E-state index in [1.807, 2.05) is 0 Å². The molecule has 1 aromatic heterocycles. The van der Waals surface area contributed by atoms with E-state index in [9.17, 15) is 27.6 Å². The van der Waals surface area contributed by atoms with E-state index in [0.29, 0.717) is 37.5 Å². The van der Waals surface area contributed by atoms with Gasteiger partial charge in [0.05, 0.1) is 52.0 Å². The topological polar surface area (TPSA) is 81.5 Å². The highest BCUT2D eigenvalue weighted by atomic mass is 35.5. The maximum Gasteiger partial charge on any atom is 0.433 e. The Morgan fingerprint density at radius 2 is 1.64 bits per heavy atom. The van der Waals surface area contributed by atoms with Crippen LogP contribution >= 0.6 is 23.2 Å². The molecule has 0 saturated heterocycles. The maximum atomic E-state index is 14.7. The van der Waals surface area contributed by atoms with Crippen LogP contribution in [0.25, 0.3) is 0 Å². The van der Waals surface area contributed by atoms with Crippen molar-refractivity contribution in [3.8, 4) is 0 Å². The van der Waals surface area contributed by atoms with E-state index in [0.717, 1.165) is 16.4 Å². The van der Waals surface area contributed by atoms with Gasteiger partial charge < -0.3 is 9.64 Å². The molecule has 7 nitrogen and oxygen atoms in total. The van der Waals surface area contributed by atoms with Crippen LogP contribution in [0, 0.1) is 29.6 Å². The van der Waals surface area contributed by atoms with E-state index in [-0.39, 0.29) is 46.4 Å². The number of ketones is 1. The molecular weight excluding hydrogens is 618 g/mol. The van der Waals surface area contributed by atoms with Crippen molar-refractivity contribution in [1.82, 2.24) is 14.7 Å². The number of alkyl halides is 3. The second-order valence-electron chi connectivity index (χ2n) is 13.5. The molecule has 1 heterocycles. The van der Waals surface area contributed by atoms with Crippen molar-refractivity contribution in [2.45, 2.75) is 91.4 Å². The number of fused-ring (bicyclic) bond motifs is 1. The highest BCUT2D eigenvalue weighted by Crippen LogP contribution is 2.67. The van der Waals surface area contributed by atoms with E-state index in [1.165, 1.54) is 4.90 Å². The van der Waals surface area contributed by atoms with Gasteiger partial charge in [-0.05, 0) is 94.2 Å². The zero-order chi connectivity index (χ0) is 32.4. The number of nitrogens with zero attached hydrogens (tertiary/aromatic N) is 3. The van der Waals surface area contributed by atoms with Gasteiger partial charge in [0.1, 0.15) is 0 Å². The van der Waals surface area contributed by atoms with Crippen LogP contribution < -0.4 is 0 Å². The number of hydrogen-bond donors (Lipinski definition) is 0. The molecule has 0 bridgehead atoms. The number of Topliss-reactive ketones (excluding diaryl/α,β-unsaturated/α-hetero) is 1. The molecule has 0 N–H and O–H groups in total. The zero-order valence-electron chi connectivity index (χ0n) is 25.6. The molecule has 3 fully saturated rings. The third kappa shape index (κ3) is 5.88.